The summed E-state index contributed by atoms with van der Waals surface area (Å²) in [5, 5.41) is 1.55. The number of hydrogen-bond acceptors (Lipinski definition) is 0. The van der Waals surface area contributed by atoms with Crippen LogP contribution in [-0.4, -0.2) is 27.9 Å². The predicted molar refractivity (Wildman–Crippen MR) is 34.8 cm³/mol. The summed E-state index contributed by atoms with van der Waals surface area (Å²) in [6, 6.07) is 0. The van der Waals surface area contributed by atoms with Gasteiger partial charge in [-0.2, -0.15) is 0 Å². The van der Waals surface area contributed by atoms with E-state index in [1.165, 1.54) is 12.7 Å². The second-order valence-electron chi connectivity index (χ2n) is 1.60. The molecule has 1 aliphatic heterocycles. The molecule has 1 aliphatic rings. The monoisotopic (exact) mass is 94.0 g/mol. The maximum absolute atomic E-state index is 2.22. The van der Waals surface area contributed by atoms with E-state index in [1.54, 1.807) is 5.17 Å². The summed E-state index contributed by atoms with van der Waals surface area (Å²) in [6.45, 7) is 2.22. The van der Waals surface area contributed by atoms with Crippen LogP contribution in [0.15, 0.2) is 0 Å². The van der Waals surface area contributed by atoms with Crippen molar-refractivity contribution < 1.29 is 0 Å². The van der Waals surface area contributed by atoms with Crippen LogP contribution in [0.1, 0.15) is 6.42 Å². The van der Waals surface area contributed by atoms with Crippen LogP contribution in [0.2, 0.25) is 6.32 Å². The van der Waals surface area contributed by atoms with E-state index in [2.05, 4.69) is 12.9 Å². The molecular weight excluding hydrogens is 86.9 g/mol. The molecule has 0 amide bonds. The van der Waals surface area contributed by atoms with E-state index in [0.717, 1.165) is 0 Å². The van der Waals surface area contributed by atoms with Gasteiger partial charge in [0, 0.05) is 0 Å². The van der Waals surface area contributed by atoms with Crippen LogP contribution in [0, 0.1) is 0 Å². The van der Waals surface area contributed by atoms with E-state index in [0.29, 0.717) is 0 Å². The molecule has 0 atom stereocenters. The summed E-state index contributed by atoms with van der Waals surface area (Å²) in [7, 11) is 1.99. The summed E-state index contributed by atoms with van der Waals surface area (Å²) >= 11 is 0. The van der Waals surface area contributed by atoms with Crippen molar-refractivity contribution >= 4 is 27.9 Å². The van der Waals surface area contributed by atoms with Crippen molar-refractivity contribution in [1.29, 1.82) is 0 Å². The average molecular weight is 94.0 g/mol. The number of hydrogen-bond donors (Lipinski definition) is 0. The average Bonchev–Trinajstić information content (AvgIpc) is 1.86. The molecule has 0 saturated heterocycles. The van der Waals surface area contributed by atoms with Crippen molar-refractivity contribution in [2.75, 3.05) is 0 Å². The molecule has 0 spiro atoms. The molecule has 0 aliphatic carbocycles. The third-order valence-corrected chi connectivity index (χ3v) is 1.57. The van der Waals surface area contributed by atoms with Gasteiger partial charge < -0.3 is 0 Å². The van der Waals surface area contributed by atoms with Crippen LogP contribution in [0.5, 0.6) is 0 Å². The van der Waals surface area contributed by atoms with Crippen LogP contribution in [0.25, 0.3) is 0 Å². The van der Waals surface area contributed by atoms with Gasteiger partial charge in [0.1, 0.15) is 0 Å². The summed E-state index contributed by atoms with van der Waals surface area (Å²) in [5.41, 5.74) is 0. The third-order valence-electron chi connectivity index (χ3n) is 0.986. The van der Waals surface area contributed by atoms with Gasteiger partial charge >= 0.3 is 40.7 Å². The zero-order chi connectivity index (χ0) is 4.41. The molecular formula is C4H7BSi. The Kier molecular flexibility index (Phi) is 1.15. The van der Waals surface area contributed by atoms with E-state index >= 15 is 0 Å². The van der Waals surface area contributed by atoms with Crippen molar-refractivity contribution in [3.63, 3.8) is 0 Å². The Morgan fingerprint density at radius 1 is 1.83 bits per heavy atom. The van der Waals surface area contributed by atoms with Crippen LogP contribution in [-0.2, 0) is 0 Å². The molecule has 0 N–H and O–H groups in total. The van der Waals surface area contributed by atoms with Crippen LogP contribution in [0.3, 0.4) is 0 Å². The summed E-state index contributed by atoms with van der Waals surface area (Å²) < 4.78 is 0. The second kappa shape index (κ2) is 1.65. The SMILES string of the molecule is [SiH2]=C1C=BCC1. The van der Waals surface area contributed by atoms with E-state index in [-0.39, 0.29) is 0 Å². The van der Waals surface area contributed by atoms with Gasteiger partial charge in [-0.3, -0.25) is 0 Å². The summed E-state index contributed by atoms with van der Waals surface area (Å²) in [6.07, 6.45) is 2.58. The maximum atomic E-state index is 2.22. The fourth-order valence-corrected chi connectivity index (χ4v) is 0.973. The quantitative estimate of drug-likeness (QED) is 0.342. The van der Waals surface area contributed by atoms with Crippen molar-refractivity contribution in [2.45, 2.75) is 12.7 Å². The molecule has 30 valence electrons. The van der Waals surface area contributed by atoms with E-state index < -0.39 is 0 Å². The Morgan fingerprint density at radius 2 is 2.67 bits per heavy atom. The van der Waals surface area contributed by atoms with Crippen molar-refractivity contribution in [2.24, 2.45) is 0 Å². The first-order valence-electron chi connectivity index (χ1n) is 2.24. The molecule has 0 aromatic rings. The minimum absolute atomic E-state index is 1.28. The molecule has 0 nitrogen and oxygen atoms in total. The van der Waals surface area contributed by atoms with Gasteiger partial charge in [-0.1, -0.05) is 0 Å². The standard InChI is InChI=1S/C4H7BSi/c6-4-1-2-5-3-4/h3H,1-2,6H2. The van der Waals surface area contributed by atoms with Crippen LogP contribution in [0.4, 0.5) is 0 Å². The molecule has 2 heteroatoms. The molecule has 0 aromatic carbocycles. The zero-order valence-corrected chi connectivity index (χ0v) is 5.19. The van der Waals surface area contributed by atoms with Gasteiger partial charge in [0.15, 0.2) is 0 Å². The Hall–Kier alpha value is 0.0218. The minimum atomic E-state index is 1.28. The van der Waals surface area contributed by atoms with E-state index in [9.17, 15) is 0 Å². The molecule has 1 heterocycles. The van der Waals surface area contributed by atoms with Crippen LogP contribution >= 0.6 is 0 Å². The molecule has 0 radical (unpaired) electrons. The molecule has 6 heavy (non-hydrogen) atoms. The van der Waals surface area contributed by atoms with E-state index in [1.807, 2.05) is 9.85 Å². The third kappa shape index (κ3) is 0.745. The molecule has 0 unspecified atom stereocenters. The fourth-order valence-electron chi connectivity index (χ4n) is 0.602. The molecule has 0 aromatic heterocycles. The summed E-state index contributed by atoms with van der Waals surface area (Å²) in [4.78, 5) is 0. The van der Waals surface area contributed by atoms with Crippen LogP contribution < -0.4 is 0 Å². The molecule has 0 saturated carbocycles. The van der Waals surface area contributed by atoms with Gasteiger partial charge in [-0.05, 0) is 0 Å². The molecule has 1 rings (SSSR count). The normalized spacial score (nSPS) is 18.3. The Bertz CT molecular complexity index is 95.7. The number of rotatable bonds is 0. The van der Waals surface area contributed by atoms with Gasteiger partial charge in [0.2, 0.25) is 0 Å². The molecule has 0 bridgehead atoms. The topological polar surface area (TPSA) is 0 Å². The van der Waals surface area contributed by atoms with E-state index in [4.69, 9.17) is 0 Å². The summed E-state index contributed by atoms with van der Waals surface area (Å²) in [5.74, 6) is 2.21. The first kappa shape index (κ1) is 4.19. The zero-order valence-electron chi connectivity index (χ0n) is 3.78. The molecule has 0 fully saturated rings. The first-order valence-corrected chi connectivity index (χ1v) is 2.94. The Labute approximate surface area is 41.5 Å². The van der Waals surface area contributed by atoms with Crippen molar-refractivity contribution in [3.05, 3.63) is 0 Å². The Balaban J connectivity index is 2.59. The van der Waals surface area contributed by atoms with Crippen molar-refractivity contribution in [1.82, 2.24) is 0 Å². The van der Waals surface area contributed by atoms with Gasteiger partial charge in [-0.15, -0.1) is 0 Å². The second-order valence-corrected chi connectivity index (χ2v) is 2.51. The van der Waals surface area contributed by atoms with Crippen molar-refractivity contribution in [3.8, 4) is 0 Å². The van der Waals surface area contributed by atoms with Gasteiger partial charge in [-0.25, -0.2) is 0 Å². The Morgan fingerprint density at radius 3 is 2.83 bits per heavy atom. The van der Waals surface area contributed by atoms with Gasteiger partial charge in [0.25, 0.3) is 0 Å². The van der Waals surface area contributed by atoms with Gasteiger partial charge in [0.05, 0.1) is 0 Å². The first-order chi connectivity index (χ1) is 2.89. The predicted octanol–water partition coefficient (Wildman–Crippen LogP) is -0.880. The fraction of sp³-hybridized carbons (Fsp3) is 0.500.